The molecule has 1 aromatic rings. The average Bonchev–Trinajstić information content (AvgIpc) is 2.64. The molecule has 0 bridgehead atoms. The first-order chi connectivity index (χ1) is 12.8. The van der Waals surface area contributed by atoms with E-state index >= 15 is 0 Å². The van der Waals surface area contributed by atoms with Crippen LogP contribution in [0.15, 0.2) is 29.9 Å². The fourth-order valence-corrected chi connectivity index (χ4v) is 2.13. The Morgan fingerprint density at radius 2 is 1.70 bits per heavy atom. The molecule has 6 nitrogen and oxygen atoms in total. The van der Waals surface area contributed by atoms with E-state index in [1.807, 2.05) is 13.8 Å². The largest absolute Gasteiger partial charge is 0.493 e. The maximum absolute atomic E-state index is 12.0. The topological polar surface area (TPSA) is 71.1 Å². The molecule has 0 aliphatic carbocycles. The van der Waals surface area contributed by atoms with Gasteiger partial charge in [-0.3, -0.25) is 4.79 Å². The minimum atomic E-state index is -0.357. The van der Waals surface area contributed by atoms with Crippen molar-refractivity contribution in [3.8, 4) is 17.2 Å². The number of carbonyl (C=O) groups is 2. The van der Waals surface area contributed by atoms with E-state index in [0.717, 1.165) is 5.56 Å². The van der Waals surface area contributed by atoms with Crippen molar-refractivity contribution in [2.75, 3.05) is 20.8 Å². The predicted octanol–water partition coefficient (Wildman–Crippen LogP) is 4.18. The third-order valence-electron chi connectivity index (χ3n) is 3.65. The zero-order valence-electron chi connectivity index (χ0n) is 16.8. The summed E-state index contributed by atoms with van der Waals surface area (Å²) in [6.45, 7) is 7.49. The Labute approximate surface area is 160 Å². The summed E-state index contributed by atoms with van der Waals surface area (Å²) in [5.74, 6) is 0.491. The van der Waals surface area contributed by atoms with Gasteiger partial charge in [0.25, 0.3) is 0 Å². The summed E-state index contributed by atoms with van der Waals surface area (Å²) < 4.78 is 21.2. The Hall–Kier alpha value is -2.76. The van der Waals surface area contributed by atoms with Crippen LogP contribution in [0.2, 0.25) is 0 Å². The van der Waals surface area contributed by atoms with E-state index < -0.39 is 0 Å². The normalized spacial score (nSPS) is 11.6. The maximum atomic E-state index is 12.0. The predicted molar refractivity (Wildman–Crippen MR) is 104 cm³/mol. The molecule has 1 rings (SSSR count). The van der Waals surface area contributed by atoms with Crippen LogP contribution < -0.4 is 14.2 Å². The number of hydrogen-bond donors (Lipinski definition) is 0. The van der Waals surface area contributed by atoms with Crippen LogP contribution in [-0.4, -0.2) is 32.8 Å². The molecule has 0 radical (unpaired) electrons. The molecule has 0 aliphatic rings. The molecule has 0 saturated carbocycles. The van der Waals surface area contributed by atoms with Crippen molar-refractivity contribution in [2.24, 2.45) is 5.92 Å². The monoisotopic (exact) mass is 376 g/mol. The lowest BCUT2D eigenvalue weighted by Crippen LogP contribution is -2.12. The van der Waals surface area contributed by atoms with Crippen molar-refractivity contribution in [1.82, 2.24) is 0 Å². The van der Waals surface area contributed by atoms with E-state index in [2.05, 4.69) is 0 Å². The average molecular weight is 376 g/mol. The van der Waals surface area contributed by atoms with Gasteiger partial charge in [0.15, 0.2) is 11.5 Å². The van der Waals surface area contributed by atoms with Crippen molar-refractivity contribution >= 4 is 18.0 Å². The van der Waals surface area contributed by atoms with Crippen molar-refractivity contribution in [3.05, 3.63) is 35.4 Å². The number of esters is 2. The first-order valence-electron chi connectivity index (χ1n) is 8.75. The number of ether oxygens (including phenoxy) is 4. The molecule has 0 N–H and O–H groups in total. The minimum Gasteiger partial charge on any atom is -0.493 e. The Kier molecular flexibility index (Phi) is 9.13. The highest BCUT2D eigenvalue weighted by Crippen LogP contribution is 2.39. The van der Waals surface area contributed by atoms with Crippen molar-refractivity contribution in [3.63, 3.8) is 0 Å². The standard InChI is InChI=1S/C21H28O6/c1-7-15(4)21(23)26-10-8-9-16-12-17(24-5)20(18(13-16)25-6)27-19(22)11-14(2)3/h7-9,12-14H,10-11H2,1-6H3/b9-8+,15-7-. The molecule has 0 atom stereocenters. The molecule has 0 fully saturated rings. The van der Waals surface area contributed by atoms with Crippen LogP contribution >= 0.6 is 0 Å². The molecule has 0 unspecified atom stereocenters. The zero-order valence-corrected chi connectivity index (χ0v) is 16.8. The van der Waals surface area contributed by atoms with Gasteiger partial charge in [-0.2, -0.15) is 0 Å². The first-order valence-corrected chi connectivity index (χ1v) is 8.75. The minimum absolute atomic E-state index is 0.139. The Balaban J connectivity index is 2.93. The van der Waals surface area contributed by atoms with Crippen LogP contribution in [0.1, 0.15) is 39.7 Å². The summed E-state index contributed by atoms with van der Waals surface area (Å²) >= 11 is 0. The Morgan fingerprint density at radius 1 is 1.11 bits per heavy atom. The van der Waals surface area contributed by atoms with Gasteiger partial charge < -0.3 is 18.9 Å². The van der Waals surface area contributed by atoms with Crippen LogP contribution in [0, 0.1) is 5.92 Å². The van der Waals surface area contributed by atoms with Crippen molar-refractivity contribution < 1.29 is 28.5 Å². The fourth-order valence-electron chi connectivity index (χ4n) is 2.13. The number of benzene rings is 1. The summed E-state index contributed by atoms with van der Waals surface area (Å²) in [5.41, 5.74) is 1.31. The number of rotatable bonds is 9. The summed E-state index contributed by atoms with van der Waals surface area (Å²) in [5, 5.41) is 0. The van der Waals surface area contributed by atoms with Gasteiger partial charge in [-0.15, -0.1) is 0 Å². The number of hydrogen-bond acceptors (Lipinski definition) is 6. The highest BCUT2D eigenvalue weighted by molar-refractivity contribution is 5.87. The maximum Gasteiger partial charge on any atom is 0.333 e. The molecule has 0 aromatic heterocycles. The van der Waals surface area contributed by atoms with Gasteiger partial charge in [-0.1, -0.05) is 26.0 Å². The number of allylic oxidation sites excluding steroid dienone is 1. The lowest BCUT2D eigenvalue weighted by Gasteiger charge is -2.14. The Bertz CT molecular complexity index is 690. The molecule has 0 spiro atoms. The van der Waals surface area contributed by atoms with E-state index in [4.69, 9.17) is 18.9 Å². The third kappa shape index (κ3) is 7.17. The first kappa shape index (κ1) is 22.3. The van der Waals surface area contributed by atoms with Gasteiger partial charge in [0.1, 0.15) is 6.61 Å². The zero-order chi connectivity index (χ0) is 20.4. The summed E-state index contributed by atoms with van der Waals surface area (Å²) in [7, 11) is 2.98. The highest BCUT2D eigenvalue weighted by Gasteiger charge is 2.18. The van der Waals surface area contributed by atoms with Gasteiger partial charge in [-0.25, -0.2) is 4.79 Å². The van der Waals surface area contributed by atoms with Gasteiger partial charge in [0.2, 0.25) is 5.75 Å². The van der Waals surface area contributed by atoms with E-state index in [9.17, 15) is 9.59 Å². The molecule has 148 valence electrons. The lowest BCUT2D eigenvalue weighted by atomic mass is 10.1. The molecule has 27 heavy (non-hydrogen) atoms. The van der Waals surface area contributed by atoms with E-state index in [-0.39, 0.29) is 30.2 Å². The lowest BCUT2D eigenvalue weighted by molar-refractivity contribution is -0.138. The van der Waals surface area contributed by atoms with Crippen LogP contribution in [0.4, 0.5) is 0 Å². The Morgan fingerprint density at radius 3 is 2.19 bits per heavy atom. The van der Waals surface area contributed by atoms with Gasteiger partial charge >= 0.3 is 11.9 Å². The highest BCUT2D eigenvalue weighted by atomic mass is 16.6. The SMILES string of the molecule is C/C=C(/C)C(=O)OC/C=C/c1cc(OC)c(OC(=O)CC(C)C)c(OC)c1. The second-order valence-corrected chi connectivity index (χ2v) is 6.30. The van der Waals surface area contributed by atoms with Crippen molar-refractivity contribution in [1.29, 1.82) is 0 Å². The molecular formula is C21H28O6. The summed E-state index contributed by atoms with van der Waals surface area (Å²) in [4.78, 5) is 23.6. The fraction of sp³-hybridized carbons (Fsp3) is 0.429. The van der Waals surface area contributed by atoms with Gasteiger partial charge in [0.05, 0.1) is 14.2 Å². The van der Waals surface area contributed by atoms with E-state index in [1.165, 1.54) is 14.2 Å². The molecule has 1 aromatic carbocycles. The molecule has 0 aliphatic heterocycles. The van der Waals surface area contributed by atoms with Crippen LogP contribution in [0.25, 0.3) is 6.08 Å². The summed E-state index contributed by atoms with van der Waals surface area (Å²) in [6.07, 6.45) is 5.47. The molecular weight excluding hydrogens is 348 g/mol. The van der Waals surface area contributed by atoms with Gasteiger partial charge in [0, 0.05) is 12.0 Å². The third-order valence-corrected chi connectivity index (χ3v) is 3.65. The molecule has 0 saturated heterocycles. The number of methoxy groups -OCH3 is 2. The quantitative estimate of drug-likeness (QED) is 0.366. The summed E-state index contributed by atoms with van der Waals surface area (Å²) in [6, 6.07) is 3.44. The second-order valence-electron chi connectivity index (χ2n) is 6.30. The van der Waals surface area contributed by atoms with Crippen LogP contribution in [0.5, 0.6) is 17.2 Å². The smallest absolute Gasteiger partial charge is 0.333 e. The molecule has 0 amide bonds. The van der Waals surface area contributed by atoms with E-state index in [0.29, 0.717) is 23.5 Å². The van der Waals surface area contributed by atoms with E-state index in [1.54, 1.807) is 44.2 Å². The van der Waals surface area contributed by atoms with Crippen LogP contribution in [0.3, 0.4) is 0 Å². The number of carbonyl (C=O) groups excluding carboxylic acids is 2. The molecule has 6 heteroatoms. The second kappa shape index (κ2) is 11.1. The van der Waals surface area contributed by atoms with Crippen molar-refractivity contribution in [2.45, 2.75) is 34.1 Å². The van der Waals surface area contributed by atoms with Crippen LogP contribution in [-0.2, 0) is 14.3 Å². The van der Waals surface area contributed by atoms with Gasteiger partial charge in [-0.05, 0) is 43.5 Å². The molecule has 0 heterocycles.